The summed E-state index contributed by atoms with van der Waals surface area (Å²) in [7, 11) is 1.49. The van der Waals surface area contributed by atoms with Gasteiger partial charge < -0.3 is 20.1 Å². The zero-order chi connectivity index (χ0) is 14.5. The van der Waals surface area contributed by atoms with Crippen LogP contribution in [0.4, 0.5) is 0 Å². The molecule has 1 saturated heterocycles. The number of hydrogen-bond donors (Lipinski definition) is 1. The molecule has 0 radical (unpaired) electrons. The minimum atomic E-state index is -0.584. The lowest BCUT2D eigenvalue weighted by Gasteiger charge is -2.34. The Kier molecular flexibility index (Phi) is 5.37. The number of nitrogens with two attached hydrogens (primary N) is 1. The van der Waals surface area contributed by atoms with Gasteiger partial charge in [-0.15, -0.1) is 0 Å². The highest BCUT2D eigenvalue weighted by molar-refractivity contribution is 6.30. The Hall–Kier alpha value is -1.14. The van der Waals surface area contributed by atoms with Crippen molar-refractivity contribution in [3.8, 4) is 0 Å². The van der Waals surface area contributed by atoms with E-state index in [4.69, 9.17) is 26.8 Å². The predicted octanol–water partition coefficient (Wildman–Crippen LogP) is 1.21. The van der Waals surface area contributed by atoms with Crippen molar-refractivity contribution in [3.63, 3.8) is 0 Å². The number of methoxy groups -OCH3 is 1. The Bertz CT molecular complexity index is 448. The maximum atomic E-state index is 12.2. The maximum absolute atomic E-state index is 12.2. The van der Waals surface area contributed by atoms with E-state index in [1.54, 1.807) is 4.90 Å². The van der Waals surface area contributed by atoms with Crippen LogP contribution in [0.15, 0.2) is 24.3 Å². The lowest BCUT2D eigenvalue weighted by Crippen LogP contribution is -2.49. The Morgan fingerprint density at radius 2 is 2.25 bits per heavy atom. The molecule has 1 aromatic carbocycles. The maximum Gasteiger partial charge on any atom is 0.253 e. The first kappa shape index (κ1) is 15.3. The second kappa shape index (κ2) is 7.04. The molecule has 0 saturated carbocycles. The molecule has 1 aliphatic rings. The van der Waals surface area contributed by atoms with E-state index in [9.17, 15) is 4.79 Å². The minimum absolute atomic E-state index is 0.0859. The fourth-order valence-corrected chi connectivity index (χ4v) is 2.36. The molecule has 1 amide bonds. The van der Waals surface area contributed by atoms with Crippen LogP contribution in [0, 0.1) is 0 Å². The predicted molar refractivity (Wildman–Crippen MR) is 76.6 cm³/mol. The van der Waals surface area contributed by atoms with Gasteiger partial charge in [0.15, 0.2) is 0 Å². The van der Waals surface area contributed by atoms with Crippen LogP contribution < -0.4 is 5.73 Å². The van der Waals surface area contributed by atoms with Gasteiger partial charge in [-0.05, 0) is 17.7 Å². The normalized spacial score (nSPS) is 20.8. The van der Waals surface area contributed by atoms with E-state index >= 15 is 0 Å². The number of halogens is 1. The van der Waals surface area contributed by atoms with Crippen molar-refractivity contribution in [2.45, 2.75) is 12.2 Å². The Morgan fingerprint density at radius 3 is 2.85 bits per heavy atom. The number of amides is 1. The number of benzene rings is 1. The van der Waals surface area contributed by atoms with E-state index in [-0.39, 0.29) is 18.6 Å². The Labute approximate surface area is 123 Å². The van der Waals surface area contributed by atoms with Crippen molar-refractivity contribution in [1.29, 1.82) is 0 Å². The molecule has 1 aromatic rings. The number of nitrogens with zero attached hydrogens (tertiary/aromatic N) is 1. The average Bonchev–Trinajstić information content (AvgIpc) is 2.49. The third kappa shape index (κ3) is 3.49. The van der Waals surface area contributed by atoms with Crippen molar-refractivity contribution >= 4 is 17.5 Å². The van der Waals surface area contributed by atoms with Crippen molar-refractivity contribution < 1.29 is 14.3 Å². The summed E-state index contributed by atoms with van der Waals surface area (Å²) in [6, 6.07) is 7.47. The summed E-state index contributed by atoms with van der Waals surface area (Å²) in [4.78, 5) is 14.0. The second-order valence-electron chi connectivity index (χ2n) is 4.66. The van der Waals surface area contributed by atoms with Crippen LogP contribution in [0.1, 0.15) is 11.7 Å². The molecule has 2 rings (SSSR count). The van der Waals surface area contributed by atoms with Crippen LogP contribution in [-0.4, -0.2) is 50.3 Å². The van der Waals surface area contributed by atoms with Crippen LogP contribution in [0.5, 0.6) is 0 Å². The fourth-order valence-electron chi connectivity index (χ4n) is 2.23. The highest BCUT2D eigenvalue weighted by Gasteiger charge is 2.29. The molecule has 1 aliphatic heterocycles. The average molecular weight is 299 g/mol. The van der Waals surface area contributed by atoms with Crippen molar-refractivity contribution in [2.24, 2.45) is 5.73 Å². The first-order chi connectivity index (χ1) is 9.65. The summed E-state index contributed by atoms with van der Waals surface area (Å²) in [6.07, 6.45) is -0.723. The largest absolute Gasteiger partial charge is 0.370 e. The summed E-state index contributed by atoms with van der Waals surface area (Å²) < 4.78 is 10.8. The molecule has 110 valence electrons. The number of morpholine rings is 1. The van der Waals surface area contributed by atoms with E-state index in [1.165, 1.54) is 7.11 Å². The van der Waals surface area contributed by atoms with Gasteiger partial charge in [-0.1, -0.05) is 23.7 Å². The molecule has 20 heavy (non-hydrogen) atoms. The summed E-state index contributed by atoms with van der Waals surface area (Å²) >= 11 is 5.87. The molecular weight excluding hydrogens is 280 g/mol. The summed E-state index contributed by atoms with van der Waals surface area (Å²) in [6.45, 7) is 1.74. The Morgan fingerprint density at radius 1 is 1.55 bits per heavy atom. The summed E-state index contributed by atoms with van der Waals surface area (Å²) in [5.41, 5.74) is 6.54. The van der Waals surface area contributed by atoms with Gasteiger partial charge in [0.2, 0.25) is 0 Å². The zero-order valence-electron chi connectivity index (χ0n) is 11.4. The molecule has 6 heteroatoms. The highest BCUT2D eigenvalue weighted by atomic mass is 35.5. The van der Waals surface area contributed by atoms with Crippen molar-refractivity contribution in [1.82, 2.24) is 4.90 Å². The van der Waals surface area contributed by atoms with E-state index in [1.807, 2.05) is 24.3 Å². The molecule has 2 N–H and O–H groups in total. The Balaban J connectivity index is 2.04. The first-order valence-corrected chi connectivity index (χ1v) is 6.92. The molecule has 0 aliphatic carbocycles. The smallest absolute Gasteiger partial charge is 0.253 e. The van der Waals surface area contributed by atoms with Gasteiger partial charge in [0.1, 0.15) is 12.2 Å². The van der Waals surface area contributed by atoms with Gasteiger partial charge in [0, 0.05) is 25.2 Å². The lowest BCUT2D eigenvalue weighted by atomic mass is 10.1. The van der Waals surface area contributed by atoms with Crippen molar-refractivity contribution in [3.05, 3.63) is 34.9 Å². The lowest BCUT2D eigenvalue weighted by molar-refractivity contribution is -0.149. The van der Waals surface area contributed by atoms with E-state index in [2.05, 4.69) is 0 Å². The fraction of sp³-hybridized carbons (Fsp3) is 0.500. The third-order valence-electron chi connectivity index (χ3n) is 3.39. The molecule has 0 aromatic heterocycles. The zero-order valence-corrected chi connectivity index (χ0v) is 12.2. The molecule has 1 fully saturated rings. The van der Waals surface area contributed by atoms with Crippen LogP contribution >= 0.6 is 11.6 Å². The van der Waals surface area contributed by atoms with Crippen LogP contribution in [0.3, 0.4) is 0 Å². The van der Waals surface area contributed by atoms with Gasteiger partial charge in [0.25, 0.3) is 5.91 Å². The summed E-state index contributed by atoms with van der Waals surface area (Å²) in [5, 5.41) is 0.681. The molecule has 5 nitrogen and oxygen atoms in total. The number of hydrogen-bond acceptors (Lipinski definition) is 4. The van der Waals surface area contributed by atoms with Gasteiger partial charge in [-0.25, -0.2) is 0 Å². The monoisotopic (exact) mass is 298 g/mol. The SMILES string of the molecule is COC(CN)C(=O)N1CCOC(c2ccc(Cl)cc2)C1. The standard InChI is InChI=1S/C14H19ClN2O3/c1-19-12(8-16)14(18)17-6-7-20-13(9-17)10-2-4-11(15)5-3-10/h2-5,12-13H,6-9,16H2,1H3. The molecular formula is C14H19ClN2O3. The topological polar surface area (TPSA) is 64.8 Å². The van der Waals surface area contributed by atoms with Crippen LogP contribution in [0.25, 0.3) is 0 Å². The molecule has 1 heterocycles. The summed E-state index contributed by atoms with van der Waals surface area (Å²) in [5.74, 6) is -0.0859. The molecule has 2 unspecified atom stereocenters. The number of ether oxygens (including phenoxy) is 2. The quantitative estimate of drug-likeness (QED) is 0.907. The van der Waals surface area contributed by atoms with Gasteiger partial charge in [-0.2, -0.15) is 0 Å². The van der Waals surface area contributed by atoms with Gasteiger partial charge >= 0.3 is 0 Å². The molecule has 0 spiro atoms. The molecule has 0 bridgehead atoms. The minimum Gasteiger partial charge on any atom is -0.370 e. The van der Waals surface area contributed by atoms with Crippen LogP contribution in [-0.2, 0) is 14.3 Å². The number of carbonyl (C=O) groups is 1. The highest BCUT2D eigenvalue weighted by Crippen LogP contribution is 2.24. The van der Waals surface area contributed by atoms with E-state index in [0.717, 1.165) is 5.56 Å². The van der Waals surface area contributed by atoms with Gasteiger partial charge in [-0.3, -0.25) is 4.79 Å². The molecule has 2 atom stereocenters. The van der Waals surface area contributed by atoms with E-state index in [0.29, 0.717) is 24.7 Å². The first-order valence-electron chi connectivity index (χ1n) is 6.54. The van der Waals surface area contributed by atoms with Crippen LogP contribution in [0.2, 0.25) is 5.02 Å². The van der Waals surface area contributed by atoms with Crippen molar-refractivity contribution in [2.75, 3.05) is 33.4 Å². The third-order valence-corrected chi connectivity index (χ3v) is 3.65. The second-order valence-corrected chi connectivity index (χ2v) is 5.09. The van der Waals surface area contributed by atoms with Gasteiger partial charge in [0.05, 0.1) is 13.2 Å². The van der Waals surface area contributed by atoms with E-state index < -0.39 is 6.10 Å². The number of rotatable bonds is 4. The number of carbonyl (C=O) groups excluding carboxylic acids is 1.